The molecular formula is C36H45N5O6. The fraction of sp³-hybridized carbons (Fsp3) is 0.361. The second-order valence-corrected chi connectivity index (χ2v) is 11.7. The number of carbonyl (C=O) groups is 5. The highest BCUT2D eigenvalue weighted by Gasteiger charge is 2.28. The van der Waals surface area contributed by atoms with Gasteiger partial charge >= 0.3 is 12.0 Å². The summed E-state index contributed by atoms with van der Waals surface area (Å²) in [6.45, 7) is 5.92. The van der Waals surface area contributed by atoms with Gasteiger partial charge in [0, 0.05) is 30.5 Å². The van der Waals surface area contributed by atoms with E-state index < -0.39 is 18.1 Å². The molecule has 3 rings (SSSR count). The number of amides is 4. The van der Waals surface area contributed by atoms with Crippen LogP contribution < -0.4 is 21.3 Å². The van der Waals surface area contributed by atoms with Crippen LogP contribution in [-0.4, -0.2) is 73.8 Å². The fourth-order valence-electron chi connectivity index (χ4n) is 4.91. The van der Waals surface area contributed by atoms with Crippen molar-refractivity contribution in [1.29, 1.82) is 0 Å². The molecule has 0 saturated carbocycles. The molecule has 2 atom stereocenters. The van der Waals surface area contributed by atoms with Crippen molar-refractivity contribution in [1.82, 2.24) is 15.5 Å². The Balaban J connectivity index is 1.54. The van der Waals surface area contributed by atoms with Gasteiger partial charge < -0.3 is 25.6 Å². The van der Waals surface area contributed by atoms with Crippen LogP contribution in [0.2, 0.25) is 0 Å². The SMILES string of the molecule is COC(=O)[C@H](CCNC(=O)[C@H](CC(C)C)N(C)C(=O)Cc1ccc(NC(=O)Nc2ccccc2C)cc1)NCC(=O)c1ccccc1. The van der Waals surface area contributed by atoms with Crippen LogP contribution in [0.25, 0.3) is 0 Å². The molecule has 0 aliphatic heterocycles. The second kappa shape index (κ2) is 18.2. The number of hydrogen-bond donors (Lipinski definition) is 4. The minimum atomic E-state index is -0.804. The minimum absolute atomic E-state index is 0.0669. The molecule has 0 aliphatic rings. The molecule has 0 aliphatic carbocycles. The number of ketones is 1. The molecule has 0 unspecified atom stereocenters. The summed E-state index contributed by atoms with van der Waals surface area (Å²) in [7, 11) is 2.87. The molecule has 11 heteroatoms. The molecule has 0 spiro atoms. The van der Waals surface area contributed by atoms with E-state index in [-0.39, 0.29) is 55.5 Å². The monoisotopic (exact) mass is 643 g/mol. The summed E-state index contributed by atoms with van der Waals surface area (Å²) in [4.78, 5) is 65.3. The zero-order valence-corrected chi connectivity index (χ0v) is 27.7. The standard InChI is InChI=1S/C36H45N5O6/c1-24(2)21-31(34(44)37-20-19-30(35(45)47-5)38-23-32(42)27-12-7-6-8-13-27)41(4)33(43)22-26-15-17-28(18-16-26)39-36(46)40-29-14-10-9-11-25(29)3/h6-18,24,30-31,38H,19-23H2,1-5H3,(H,37,44)(H2,39,40,46)/t30-,31-/m0/s1. The summed E-state index contributed by atoms with van der Waals surface area (Å²) in [5.74, 6) is -1.16. The molecule has 47 heavy (non-hydrogen) atoms. The van der Waals surface area contributed by atoms with Crippen LogP contribution in [0.3, 0.4) is 0 Å². The summed E-state index contributed by atoms with van der Waals surface area (Å²) in [6.07, 6.45) is 0.699. The van der Waals surface area contributed by atoms with Crippen LogP contribution >= 0.6 is 0 Å². The van der Waals surface area contributed by atoms with E-state index in [1.165, 1.54) is 12.0 Å². The molecule has 250 valence electrons. The van der Waals surface area contributed by atoms with E-state index in [4.69, 9.17) is 4.74 Å². The topological polar surface area (TPSA) is 146 Å². The molecular weight excluding hydrogens is 598 g/mol. The van der Waals surface area contributed by atoms with Gasteiger partial charge in [-0.3, -0.25) is 24.5 Å². The highest BCUT2D eigenvalue weighted by Crippen LogP contribution is 2.17. The smallest absolute Gasteiger partial charge is 0.323 e. The largest absolute Gasteiger partial charge is 0.468 e. The van der Waals surface area contributed by atoms with Crippen LogP contribution in [0.15, 0.2) is 78.9 Å². The third-order valence-corrected chi connectivity index (χ3v) is 7.64. The van der Waals surface area contributed by atoms with Crippen molar-refractivity contribution in [3.05, 3.63) is 95.6 Å². The summed E-state index contributed by atoms with van der Waals surface area (Å²) in [5, 5.41) is 11.4. The Bertz CT molecular complexity index is 1510. The summed E-state index contributed by atoms with van der Waals surface area (Å²) < 4.78 is 4.89. The van der Waals surface area contributed by atoms with Gasteiger partial charge in [-0.05, 0) is 55.0 Å². The number of Topliss-reactive ketones (excluding diaryl/α,β-unsaturated/α-hetero) is 1. The van der Waals surface area contributed by atoms with E-state index in [9.17, 15) is 24.0 Å². The van der Waals surface area contributed by atoms with E-state index in [0.717, 1.165) is 11.1 Å². The molecule has 11 nitrogen and oxygen atoms in total. The Kier molecular flexibility index (Phi) is 14.1. The number of nitrogens with one attached hydrogen (secondary N) is 4. The zero-order chi connectivity index (χ0) is 34.3. The average molecular weight is 644 g/mol. The average Bonchev–Trinajstić information content (AvgIpc) is 3.06. The maximum Gasteiger partial charge on any atom is 0.323 e. The number of nitrogens with zero attached hydrogens (tertiary/aromatic N) is 1. The molecule has 4 amide bonds. The van der Waals surface area contributed by atoms with Crippen LogP contribution in [-0.2, 0) is 25.5 Å². The molecule has 3 aromatic rings. The number of urea groups is 1. The lowest BCUT2D eigenvalue weighted by molar-refractivity contribution is -0.143. The quantitative estimate of drug-likeness (QED) is 0.132. The number of rotatable bonds is 16. The van der Waals surface area contributed by atoms with Gasteiger partial charge in [0.15, 0.2) is 5.78 Å². The predicted molar refractivity (Wildman–Crippen MR) is 182 cm³/mol. The summed E-state index contributed by atoms with van der Waals surface area (Å²) in [6, 6.07) is 21.3. The number of anilines is 2. The molecule has 4 N–H and O–H groups in total. The number of benzene rings is 3. The van der Waals surface area contributed by atoms with Crippen molar-refractivity contribution in [2.24, 2.45) is 5.92 Å². The van der Waals surface area contributed by atoms with Gasteiger partial charge in [-0.15, -0.1) is 0 Å². The van der Waals surface area contributed by atoms with Gasteiger partial charge in [0.25, 0.3) is 0 Å². The van der Waals surface area contributed by atoms with Gasteiger partial charge in [-0.25, -0.2) is 4.79 Å². The lowest BCUT2D eigenvalue weighted by Crippen LogP contribution is -2.50. The lowest BCUT2D eigenvalue weighted by atomic mass is 10.0. The van der Waals surface area contributed by atoms with E-state index >= 15 is 0 Å². The highest BCUT2D eigenvalue weighted by atomic mass is 16.5. The molecule has 0 saturated heterocycles. The normalized spacial score (nSPS) is 12.0. The van der Waals surface area contributed by atoms with Crippen molar-refractivity contribution < 1.29 is 28.7 Å². The Labute approximate surface area is 276 Å². The molecule has 3 aromatic carbocycles. The number of likely N-dealkylation sites (N-methyl/N-ethyl adjacent to an activating group) is 1. The van der Waals surface area contributed by atoms with Gasteiger partial charge in [0.05, 0.1) is 20.1 Å². The predicted octanol–water partition coefficient (Wildman–Crippen LogP) is 4.58. The maximum atomic E-state index is 13.3. The zero-order valence-electron chi connectivity index (χ0n) is 27.7. The summed E-state index contributed by atoms with van der Waals surface area (Å²) in [5.41, 5.74) is 3.48. The maximum absolute atomic E-state index is 13.3. The Morgan fingerprint density at radius 1 is 0.851 bits per heavy atom. The molecule has 0 heterocycles. The van der Waals surface area contributed by atoms with Gasteiger partial charge in [0.1, 0.15) is 12.1 Å². The summed E-state index contributed by atoms with van der Waals surface area (Å²) >= 11 is 0. The van der Waals surface area contributed by atoms with Gasteiger partial charge in [-0.2, -0.15) is 0 Å². The van der Waals surface area contributed by atoms with Crippen LogP contribution in [0.1, 0.15) is 48.2 Å². The second-order valence-electron chi connectivity index (χ2n) is 11.7. The lowest BCUT2D eigenvalue weighted by Gasteiger charge is -2.29. The number of ether oxygens (including phenoxy) is 1. The van der Waals surface area contributed by atoms with E-state index in [1.54, 1.807) is 55.6 Å². The Morgan fingerprint density at radius 2 is 1.51 bits per heavy atom. The molecule has 0 aromatic heterocycles. The van der Waals surface area contributed by atoms with Crippen molar-refractivity contribution >= 4 is 41.0 Å². The van der Waals surface area contributed by atoms with Gasteiger partial charge in [0.2, 0.25) is 11.8 Å². The van der Waals surface area contributed by atoms with Crippen LogP contribution in [0, 0.1) is 12.8 Å². The Morgan fingerprint density at radius 3 is 2.15 bits per heavy atom. The highest BCUT2D eigenvalue weighted by molar-refractivity contribution is 6.00. The van der Waals surface area contributed by atoms with E-state index in [0.29, 0.717) is 23.4 Å². The van der Waals surface area contributed by atoms with Gasteiger partial charge in [-0.1, -0.05) is 74.5 Å². The third kappa shape index (κ3) is 11.7. The van der Waals surface area contributed by atoms with Crippen molar-refractivity contribution in [3.63, 3.8) is 0 Å². The first-order chi connectivity index (χ1) is 22.5. The number of hydrogen-bond acceptors (Lipinski definition) is 7. The van der Waals surface area contributed by atoms with Crippen molar-refractivity contribution in [2.75, 3.05) is 37.9 Å². The van der Waals surface area contributed by atoms with Crippen LogP contribution in [0.4, 0.5) is 16.2 Å². The number of esters is 1. The van der Waals surface area contributed by atoms with Crippen molar-refractivity contribution in [2.45, 2.75) is 52.1 Å². The van der Waals surface area contributed by atoms with E-state index in [2.05, 4.69) is 21.3 Å². The van der Waals surface area contributed by atoms with E-state index in [1.807, 2.05) is 51.1 Å². The van der Waals surface area contributed by atoms with Crippen LogP contribution in [0.5, 0.6) is 0 Å². The third-order valence-electron chi connectivity index (χ3n) is 7.64. The Hall–Kier alpha value is -5.03. The van der Waals surface area contributed by atoms with Crippen molar-refractivity contribution in [3.8, 4) is 0 Å². The first kappa shape index (κ1) is 36.4. The molecule has 0 bridgehead atoms. The number of aryl methyl sites for hydroxylation is 1. The number of methoxy groups -OCH3 is 1. The number of carbonyl (C=O) groups excluding carboxylic acids is 5. The first-order valence-electron chi connectivity index (χ1n) is 15.6. The number of para-hydroxylation sites is 1. The molecule has 0 radical (unpaired) electrons. The first-order valence-corrected chi connectivity index (χ1v) is 15.6. The molecule has 0 fully saturated rings. The minimum Gasteiger partial charge on any atom is -0.468 e. The fourth-order valence-corrected chi connectivity index (χ4v) is 4.91.